The maximum atomic E-state index is 9.52. The van der Waals surface area contributed by atoms with Crippen molar-refractivity contribution in [1.82, 2.24) is 0 Å². The van der Waals surface area contributed by atoms with Gasteiger partial charge in [0.1, 0.15) is 0 Å². The van der Waals surface area contributed by atoms with Gasteiger partial charge in [-0.3, -0.25) is 0 Å². The molecule has 0 heterocycles. The van der Waals surface area contributed by atoms with Crippen LogP contribution in [0.15, 0.2) is 255 Å². The number of hydrogen-bond acceptors (Lipinski definition) is 3. The molecule has 3 aliphatic carbocycles. The third-order valence-electron chi connectivity index (χ3n) is 23.1. The molecule has 0 N–H and O–H groups in total. The van der Waals surface area contributed by atoms with Crippen LogP contribution in [0.25, 0.3) is 66.8 Å². The minimum absolute atomic E-state index is 0.0174. The standard InChI is InChI=1S/C37H43N.C35H39N.C33H35N/c1-24(2)33-27(26-16-11-10-12-17-26)19-15-21-31(33)38(36(5,6)7)32-23-22-29-28-18-13-14-20-30(28)37(8,9)35(29)34(32)25(3)4;1-8-25-27(24-16-11-10-12-17-24)19-15-21-31(25)36(34(3,4)5)32-23-22-29-28-18-13-14-20-30(28)35(6,7)33(29)26(32)9-2;1-22-25(24-14-9-8-10-15-24)17-13-19-29(22)34(32(3,4)5)30-21-20-27-26-16-11-12-18-28(26)33(6,7)31(27)23(30)2/h10-25H,1-9H3;10-23H,8-9H2,1-7H3;8-21H,1-7H3/i24D,25D;8D,9D;. The molecule has 12 aromatic rings. The molecule has 0 amide bonds. The first-order valence-corrected chi connectivity index (χ1v) is 39.2. The topological polar surface area (TPSA) is 9.72 Å². The van der Waals surface area contributed by atoms with E-state index in [0.29, 0.717) is 0 Å². The average molecular weight is 1430 g/mol. The first kappa shape index (κ1) is 71.0. The predicted octanol–water partition coefficient (Wildman–Crippen LogP) is 29.8. The van der Waals surface area contributed by atoms with Gasteiger partial charge in [-0.05, 0) is 271 Å². The van der Waals surface area contributed by atoms with Crippen molar-refractivity contribution < 1.29 is 5.48 Å². The predicted molar refractivity (Wildman–Crippen MR) is 470 cm³/mol. The molecule has 0 aliphatic heterocycles. The number of anilines is 6. The van der Waals surface area contributed by atoms with Crippen LogP contribution < -0.4 is 14.7 Å². The van der Waals surface area contributed by atoms with Crippen LogP contribution in [0, 0.1) is 13.8 Å². The first-order chi connectivity index (χ1) is 52.6. The summed E-state index contributed by atoms with van der Waals surface area (Å²) in [6, 6.07) is 91.0. The van der Waals surface area contributed by atoms with Gasteiger partial charge >= 0.3 is 0 Å². The molecule has 2 atom stereocenters. The van der Waals surface area contributed by atoms with E-state index in [1.54, 1.807) is 0 Å². The molecule has 0 fully saturated rings. The summed E-state index contributed by atoms with van der Waals surface area (Å²) in [4.78, 5) is 7.33. The number of nitrogens with zero attached hydrogens (tertiary/aromatic N) is 3. The van der Waals surface area contributed by atoms with Gasteiger partial charge < -0.3 is 14.7 Å². The second-order valence-electron chi connectivity index (χ2n) is 35.0. The maximum Gasteiger partial charge on any atom is 0.0457 e. The first-order valence-electron chi connectivity index (χ1n) is 41.3. The van der Waals surface area contributed by atoms with E-state index >= 15 is 0 Å². The van der Waals surface area contributed by atoms with E-state index in [9.17, 15) is 2.74 Å². The van der Waals surface area contributed by atoms with Gasteiger partial charge in [0, 0.05) is 72.5 Å². The van der Waals surface area contributed by atoms with Crippen molar-refractivity contribution in [3.63, 3.8) is 0 Å². The Balaban J connectivity index is 0.000000148. The number of hydrogen-bond donors (Lipinski definition) is 0. The summed E-state index contributed by atoms with van der Waals surface area (Å²) in [5.74, 6) is -1.70. The fourth-order valence-electron chi connectivity index (χ4n) is 18.7. The van der Waals surface area contributed by atoms with Crippen molar-refractivity contribution in [3.05, 3.63) is 322 Å². The summed E-state index contributed by atoms with van der Waals surface area (Å²) in [7, 11) is 0. The molecule has 0 bridgehead atoms. The number of rotatable bonds is 13. The van der Waals surface area contributed by atoms with Crippen molar-refractivity contribution in [2.45, 2.75) is 217 Å². The third kappa shape index (κ3) is 13.4. The molecule has 12 aromatic carbocycles. The lowest BCUT2D eigenvalue weighted by Crippen LogP contribution is -2.39. The van der Waals surface area contributed by atoms with Crippen LogP contribution in [0.5, 0.6) is 0 Å². The van der Waals surface area contributed by atoms with Gasteiger partial charge in [0.2, 0.25) is 0 Å². The lowest BCUT2D eigenvalue weighted by Gasteiger charge is -2.43. The monoisotopic (exact) mass is 1420 g/mol. The Bertz CT molecular complexity index is 5490. The minimum atomic E-state index is -0.853. The average Bonchev–Trinajstić information content (AvgIpc) is 1.53. The van der Waals surface area contributed by atoms with Crippen LogP contribution in [0.3, 0.4) is 0 Å². The quantitative estimate of drug-likeness (QED) is 0.114. The fraction of sp³-hybridized carbons (Fsp3) is 0.314. The second kappa shape index (κ2) is 29.2. The van der Waals surface area contributed by atoms with Crippen LogP contribution in [-0.4, -0.2) is 16.6 Å². The van der Waals surface area contributed by atoms with E-state index < -0.39 is 24.6 Å². The van der Waals surface area contributed by atoms with Crippen molar-refractivity contribution in [1.29, 1.82) is 0 Å². The molecular weight excluding hydrogens is 1300 g/mol. The smallest absolute Gasteiger partial charge is 0.0457 e. The molecular formula is C105H117N3. The molecule has 0 saturated heterocycles. The minimum Gasteiger partial charge on any atom is -0.336 e. The van der Waals surface area contributed by atoms with E-state index in [-0.39, 0.29) is 32.9 Å². The van der Waals surface area contributed by atoms with Crippen LogP contribution in [0.4, 0.5) is 34.1 Å². The highest BCUT2D eigenvalue weighted by molar-refractivity contribution is 5.92. The number of fused-ring (bicyclic) bond motifs is 9. The van der Waals surface area contributed by atoms with Crippen LogP contribution in [0.1, 0.15) is 229 Å². The van der Waals surface area contributed by atoms with E-state index in [1.807, 2.05) is 53.7 Å². The molecule has 0 spiro atoms. The fourth-order valence-corrected chi connectivity index (χ4v) is 18.7. The van der Waals surface area contributed by atoms with Crippen LogP contribution >= 0.6 is 0 Å². The Hall–Kier alpha value is -9.96. The summed E-state index contributed by atoms with van der Waals surface area (Å²) in [5, 5.41) is 0. The third-order valence-corrected chi connectivity index (χ3v) is 23.1. The zero-order chi connectivity index (χ0) is 80.9. The Kier molecular flexibility index (Phi) is 19.2. The highest BCUT2D eigenvalue weighted by atomic mass is 15.2. The van der Waals surface area contributed by atoms with Crippen molar-refractivity contribution in [3.8, 4) is 66.8 Å². The normalized spacial score (nSPS) is 15.3. The van der Waals surface area contributed by atoms with Crippen molar-refractivity contribution >= 4 is 34.1 Å². The largest absolute Gasteiger partial charge is 0.336 e. The Labute approximate surface area is 655 Å². The summed E-state index contributed by atoms with van der Waals surface area (Å²) < 4.78 is 36.9. The highest BCUT2D eigenvalue weighted by Crippen LogP contribution is 2.58. The van der Waals surface area contributed by atoms with E-state index in [4.69, 9.17) is 2.74 Å². The van der Waals surface area contributed by atoms with Gasteiger partial charge in [-0.1, -0.05) is 301 Å². The molecule has 108 heavy (non-hydrogen) atoms. The lowest BCUT2D eigenvalue weighted by molar-refractivity contribution is 0.553. The zero-order valence-corrected chi connectivity index (χ0v) is 68.7. The molecule has 3 heteroatoms. The molecule has 552 valence electrons. The van der Waals surface area contributed by atoms with E-state index in [1.165, 1.54) is 100 Å². The van der Waals surface area contributed by atoms with Gasteiger partial charge in [0.05, 0.1) is 0 Å². The summed E-state index contributed by atoms with van der Waals surface area (Å²) in [6.07, 6.45) is -0.828. The Morgan fingerprint density at radius 3 is 1.06 bits per heavy atom. The summed E-state index contributed by atoms with van der Waals surface area (Å²) in [5.41, 5.74) is 35.1. The number of benzene rings is 12. The van der Waals surface area contributed by atoms with E-state index in [0.717, 1.165) is 67.3 Å². The molecule has 2 unspecified atom stereocenters. The van der Waals surface area contributed by atoms with Gasteiger partial charge in [-0.2, -0.15) is 0 Å². The van der Waals surface area contributed by atoms with Crippen LogP contribution in [0.2, 0.25) is 0 Å². The Morgan fingerprint density at radius 1 is 0.287 bits per heavy atom. The molecule has 0 radical (unpaired) electrons. The molecule has 15 rings (SSSR count). The van der Waals surface area contributed by atoms with Gasteiger partial charge in [0.25, 0.3) is 0 Å². The summed E-state index contributed by atoms with van der Waals surface area (Å²) in [6.45, 7) is 50.8. The van der Waals surface area contributed by atoms with Crippen LogP contribution in [-0.2, 0) is 29.0 Å². The zero-order valence-electron chi connectivity index (χ0n) is 72.7. The molecule has 0 aromatic heterocycles. The van der Waals surface area contributed by atoms with Gasteiger partial charge in [0.15, 0.2) is 0 Å². The van der Waals surface area contributed by atoms with E-state index in [2.05, 4.69) is 375 Å². The molecule has 3 aliphatic rings. The molecule has 0 saturated carbocycles. The van der Waals surface area contributed by atoms with Gasteiger partial charge in [-0.25, -0.2) is 0 Å². The van der Waals surface area contributed by atoms with Crippen molar-refractivity contribution in [2.24, 2.45) is 0 Å². The summed E-state index contributed by atoms with van der Waals surface area (Å²) >= 11 is 0. The maximum absolute atomic E-state index is 9.52. The SMILES string of the molecule is Cc1c(-c2ccccc2)cccc1N(c1ccc2c(c1C)C(C)(C)c1ccccc1-2)C(C)(C)C.[2H]C(C)(C)c1c(-c2ccccc2)cccc1N(c1ccc2c(c1C([2H])(C)C)C(C)(C)c1ccccc1-2)C(C)(C)C.[2H]C(C)c1c(-c2ccccc2)cccc1N(c1ccc2c(c1C([2H])C)C(C)(C)c1ccccc1-2)C(C)(C)C. The second-order valence-corrected chi connectivity index (χ2v) is 35.0. The molecule has 3 nitrogen and oxygen atoms in total. The lowest BCUT2D eigenvalue weighted by atomic mass is 9.77. The van der Waals surface area contributed by atoms with Gasteiger partial charge in [-0.15, -0.1) is 0 Å². The highest BCUT2D eigenvalue weighted by Gasteiger charge is 2.44. The Morgan fingerprint density at radius 2 is 0.593 bits per heavy atom. The van der Waals surface area contributed by atoms with Crippen molar-refractivity contribution in [2.75, 3.05) is 14.7 Å².